The average molecular weight is 455 g/mol. The number of hydrogen-bond donors (Lipinski definition) is 1. The van der Waals surface area contributed by atoms with E-state index in [0.29, 0.717) is 5.69 Å². The molecule has 166 valence electrons. The van der Waals surface area contributed by atoms with Crippen LogP contribution in [0.4, 0.5) is 11.4 Å². The van der Waals surface area contributed by atoms with Crippen molar-refractivity contribution in [2.45, 2.75) is 31.1 Å². The largest absolute Gasteiger partial charge is 0.377 e. The minimum absolute atomic E-state index is 0.0764. The van der Waals surface area contributed by atoms with Crippen molar-refractivity contribution in [1.82, 2.24) is 0 Å². The van der Waals surface area contributed by atoms with Crippen LogP contribution in [0.15, 0.2) is 53.4 Å². The van der Waals surface area contributed by atoms with E-state index < -0.39 is 10.1 Å². The number of para-hydroxylation sites is 2. The lowest BCUT2D eigenvalue weighted by atomic mass is 9.81. The maximum absolute atomic E-state index is 13.2. The standard InChI is InChI=1S/C23H22N2O6S/c1-13(26)24-16-8-10-17(11-9-16)32(29,30)31-19-5-3-2-4-18(19)25-22(27)20-14-6-7-15(12-14)21(20)23(25)28/h2-5,8-11,14-15,20-21H,6-7,12H2,1H3,(H,24,26)/t14-,15-,20-,21-/m0/s1. The molecule has 9 heteroatoms. The number of carbonyl (C=O) groups is 3. The molecule has 32 heavy (non-hydrogen) atoms. The van der Waals surface area contributed by atoms with E-state index in [2.05, 4.69) is 5.32 Å². The van der Waals surface area contributed by atoms with Crippen LogP contribution < -0.4 is 14.4 Å². The van der Waals surface area contributed by atoms with Gasteiger partial charge in [-0.2, -0.15) is 8.42 Å². The normalized spacial score (nSPS) is 26.3. The summed E-state index contributed by atoms with van der Waals surface area (Å²) in [5, 5.41) is 2.56. The molecule has 1 saturated heterocycles. The lowest BCUT2D eigenvalue weighted by molar-refractivity contribution is -0.123. The van der Waals surface area contributed by atoms with Crippen LogP contribution in [0.2, 0.25) is 0 Å². The van der Waals surface area contributed by atoms with Crippen LogP contribution in [0.5, 0.6) is 5.75 Å². The molecular formula is C23H22N2O6S. The Kier molecular flexibility index (Phi) is 4.81. The molecule has 8 nitrogen and oxygen atoms in total. The Labute approximate surface area is 185 Å². The number of amides is 3. The topological polar surface area (TPSA) is 110 Å². The van der Waals surface area contributed by atoms with E-state index in [4.69, 9.17) is 4.18 Å². The van der Waals surface area contributed by atoms with E-state index >= 15 is 0 Å². The molecule has 2 aromatic carbocycles. The van der Waals surface area contributed by atoms with Crippen LogP contribution in [0.1, 0.15) is 26.2 Å². The van der Waals surface area contributed by atoms with Gasteiger partial charge in [0.2, 0.25) is 17.7 Å². The molecule has 0 unspecified atom stereocenters. The van der Waals surface area contributed by atoms with Crippen molar-refractivity contribution in [1.29, 1.82) is 0 Å². The number of nitrogens with zero attached hydrogens (tertiary/aromatic N) is 1. The highest BCUT2D eigenvalue weighted by Crippen LogP contribution is 2.57. The van der Waals surface area contributed by atoms with Gasteiger partial charge in [-0.15, -0.1) is 0 Å². The zero-order chi connectivity index (χ0) is 22.6. The molecule has 3 amide bonds. The third kappa shape index (κ3) is 3.28. The summed E-state index contributed by atoms with van der Waals surface area (Å²) in [6, 6.07) is 11.7. The fourth-order valence-electron chi connectivity index (χ4n) is 5.43. The number of anilines is 2. The summed E-state index contributed by atoms with van der Waals surface area (Å²) >= 11 is 0. The zero-order valence-corrected chi connectivity index (χ0v) is 18.2. The maximum Gasteiger partial charge on any atom is 0.339 e. The number of carbonyl (C=O) groups excluding carboxylic acids is 3. The van der Waals surface area contributed by atoms with E-state index in [1.165, 1.54) is 43.3 Å². The summed E-state index contributed by atoms with van der Waals surface area (Å²) in [6.45, 7) is 1.35. The zero-order valence-electron chi connectivity index (χ0n) is 17.4. The Morgan fingerprint density at radius 2 is 1.56 bits per heavy atom. The number of rotatable bonds is 5. The Bertz CT molecular complexity index is 1200. The average Bonchev–Trinajstić information content (AvgIpc) is 3.42. The Balaban J connectivity index is 1.44. The molecule has 2 saturated carbocycles. The Hall–Kier alpha value is -3.20. The Morgan fingerprint density at radius 1 is 0.969 bits per heavy atom. The van der Waals surface area contributed by atoms with Crippen molar-refractivity contribution in [3.63, 3.8) is 0 Å². The second-order valence-corrected chi connectivity index (χ2v) is 10.2. The lowest BCUT2D eigenvalue weighted by Gasteiger charge is -2.20. The third-order valence-corrected chi connectivity index (χ3v) is 7.94. The number of nitrogens with one attached hydrogen (secondary N) is 1. The maximum atomic E-state index is 13.2. The Morgan fingerprint density at radius 3 is 2.16 bits per heavy atom. The summed E-state index contributed by atoms with van der Waals surface area (Å²) < 4.78 is 31.1. The number of benzene rings is 2. The summed E-state index contributed by atoms with van der Waals surface area (Å²) in [4.78, 5) is 38.5. The van der Waals surface area contributed by atoms with Gasteiger partial charge >= 0.3 is 10.1 Å². The van der Waals surface area contributed by atoms with Crippen LogP contribution in [0.25, 0.3) is 0 Å². The van der Waals surface area contributed by atoms with Gasteiger partial charge in [-0.05, 0) is 67.5 Å². The van der Waals surface area contributed by atoms with Gasteiger partial charge in [0, 0.05) is 12.6 Å². The molecule has 0 aromatic heterocycles. The molecule has 3 aliphatic rings. The van der Waals surface area contributed by atoms with Crippen LogP contribution >= 0.6 is 0 Å². The summed E-state index contributed by atoms with van der Waals surface area (Å²) in [7, 11) is -4.24. The smallest absolute Gasteiger partial charge is 0.339 e. The van der Waals surface area contributed by atoms with Crippen LogP contribution in [0, 0.1) is 23.7 Å². The highest BCUT2D eigenvalue weighted by atomic mass is 32.2. The second-order valence-electron chi connectivity index (χ2n) is 8.61. The molecular weight excluding hydrogens is 432 g/mol. The fraction of sp³-hybridized carbons (Fsp3) is 0.348. The minimum atomic E-state index is -4.24. The van der Waals surface area contributed by atoms with E-state index in [1.54, 1.807) is 12.1 Å². The van der Waals surface area contributed by atoms with Gasteiger partial charge in [0.25, 0.3) is 0 Å². The van der Waals surface area contributed by atoms with Gasteiger partial charge in [0.1, 0.15) is 4.90 Å². The van der Waals surface area contributed by atoms with Crippen LogP contribution in [-0.4, -0.2) is 26.1 Å². The molecule has 2 aromatic rings. The summed E-state index contributed by atoms with van der Waals surface area (Å²) in [6.07, 6.45) is 2.83. The molecule has 0 spiro atoms. The quantitative estimate of drug-likeness (QED) is 0.550. The van der Waals surface area contributed by atoms with Gasteiger partial charge in [-0.3, -0.25) is 14.4 Å². The van der Waals surface area contributed by atoms with Gasteiger partial charge in [-0.1, -0.05) is 12.1 Å². The summed E-state index contributed by atoms with van der Waals surface area (Å²) in [5.41, 5.74) is 0.598. The monoisotopic (exact) mass is 454 g/mol. The summed E-state index contributed by atoms with van der Waals surface area (Å²) in [5.74, 6) is -1.05. The number of hydrogen-bond acceptors (Lipinski definition) is 6. The third-order valence-electron chi connectivity index (χ3n) is 6.70. The van der Waals surface area contributed by atoms with Crippen molar-refractivity contribution < 1.29 is 27.0 Å². The first-order valence-electron chi connectivity index (χ1n) is 10.6. The highest BCUT2D eigenvalue weighted by Gasteiger charge is 2.61. The van der Waals surface area contributed by atoms with Crippen molar-refractivity contribution >= 4 is 39.2 Å². The number of fused-ring (bicyclic) bond motifs is 5. The highest BCUT2D eigenvalue weighted by molar-refractivity contribution is 7.87. The molecule has 1 N–H and O–H groups in total. The molecule has 2 aliphatic carbocycles. The minimum Gasteiger partial charge on any atom is -0.377 e. The molecule has 1 aliphatic heterocycles. The molecule has 1 heterocycles. The predicted molar refractivity (Wildman–Crippen MR) is 115 cm³/mol. The SMILES string of the molecule is CC(=O)Nc1ccc(S(=O)(=O)Oc2ccccc2N2C(=O)[C@H]3[C@H]4CC[C@@H](C4)[C@@H]3C2=O)cc1. The van der Waals surface area contributed by atoms with Crippen molar-refractivity contribution in [3.05, 3.63) is 48.5 Å². The van der Waals surface area contributed by atoms with Gasteiger partial charge in [0.05, 0.1) is 17.5 Å². The van der Waals surface area contributed by atoms with Gasteiger partial charge in [0.15, 0.2) is 5.75 Å². The van der Waals surface area contributed by atoms with Crippen LogP contribution in [0.3, 0.4) is 0 Å². The van der Waals surface area contributed by atoms with E-state index in [-0.39, 0.29) is 57.7 Å². The van der Waals surface area contributed by atoms with Crippen LogP contribution in [-0.2, 0) is 24.5 Å². The number of imide groups is 1. The van der Waals surface area contributed by atoms with Gasteiger partial charge in [-0.25, -0.2) is 4.90 Å². The fourth-order valence-corrected chi connectivity index (χ4v) is 6.38. The van der Waals surface area contributed by atoms with E-state index in [9.17, 15) is 22.8 Å². The predicted octanol–water partition coefficient (Wildman–Crippen LogP) is 2.95. The first kappa shape index (κ1) is 20.7. The van der Waals surface area contributed by atoms with E-state index in [1.807, 2.05) is 0 Å². The van der Waals surface area contributed by atoms with Crippen molar-refractivity contribution in [3.8, 4) is 5.75 Å². The molecule has 3 fully saturated rings. The molecule has 2 bridgehead atoms. The first-order chi connectivity index (χ1) is 15.3. The molecule has 0 radical (unpaired) electrons. The molecule has 5 rings (SSSR count). The first-order valence-corrected chi connectivity index (χ1v) is 12.0. The molecule has 4 atom stereocenters. The lowest BCUT2D eigenvalue weighted by Crippen LogP contribution is -2.33. The second kappa shape index (κ2) is 7.44. The van der Waals surface area contributed by atoms with Gasteiger partial charge < -0.3 is 9.50 Å². The van der Waals surface area contributed by atoms with Crippen molar-refractivity contribution in [2.75, 3.05) is 10.2 Å². The van der Waals surface area contributed by atoms with E-state index in [0.717, 1.165) is 24.2 Å². The van der Waals surface area contributed by atoms with Crippen molar-refractivity contribution in [2.24, 2.45) is 23.7 Å².